The van der Waals surface area contributed by atoms with Gasteiger partial charge in [-0.2, -0.15) is 27.1 Å². The highest BCUT2D eigenvalue weighted by Gasteiger charge is 2.37. The maximum absolute atomic E-state index is 11.5. The van der Waals surface area contributed by atoms with Gasteiger partial charge >= 0.3 is 20.6 Å². The molecule has 1 saturated heterocycles. The van der Waals surface area contributed by atoms with Crippen molar-refractivity contribution >= 4 is 20.6 Å². The standard InChI is InChI=1S/C16H25N3O6S2/c1-2-7-19-8-3-4-12-9-13-11(10-14(12)19)5-6-15(24-26(17,20)21)16(13)25-27(18,22)23/h5-6,12,14H,2-4,7-10H2,1H3,(H2,17,20,21)(H2,18,22,23)/t12-,14-/m1/s1. The third-order valence-electron chi connectivity index (χ3n) is 5.17. The van der Waals surface area contributed by atoms with E-state index in [1.54, 1.807) is 6.07 Å². The molecule has 0 spiro atoms. The number of fused-ring (bicyclic) bond motifs is 2. The van der Waals surface area contributed by atoms with E-state index in [2.05, 4.69) is 11.8 Å². The summed E-state index contributed by atoms with van der Waals surface area (Å²) in [4.78, 5) is 2.48. The van der Waals surface area contributed by atoms with Gasteiger partial charge in [0.2, 0.25) is 0 Å². The molecule has 27 heavy (non-hydrogen) atoms. The molecule has 152 valence electrons. The van der Waals surface area contributed by atoms with Crippen LogP contribution in [0.5, 0.6) is 11.5 Å². The van der Waals surface area contributed by atoms with Crippen molar-refractivity contribution in [2.24, 2.45) is 16.2 Å². The van der Waals surface area contributed by atoms with Gasteiger partial charge in [-0.05, 0) is 62.7 Å². The van der Waals surface area contributed by atoms with Crippen LogP contribution in [-0.2, 0) is 33.4 Å². The molecule has 1 fully saturated rings. The minimum Gasteiger partial charge on any atom is -0.367 e. The number of hydrogen-bond donors (Lipinski definition) is 2. The van der Waals surface area contributed by atoms with E-state index in [4.69, 9.17) is 18.6 Å². The Morgan fingerprint density at radius 2 is 1.81 bits per heavy atom. The first-order chi connectivity index (χ1) is 12.6. The minimum absolute atomic E-state index is 0.185. The molecule has 3 rings (SSSR count). The fraction of sp³-hybridized carbons (Fsp3) is 0.625. The van der Waals surface area contributed by atoms with E-state index in [0.29, 0.717) is 23.9 Å². The third kappa shape index (κ3) is 4.91. The SMILES string of the molecule is CCCN1CCC[C@@H]2Cc3c(ccc(OS(N)(=O)=O)c3OS(N)(=O)=O)C[C@H]21. The molecule has 1 aliphatic heterocycles. The summed E-state index contributed by atoms with van der Waals surface area (Å²) >= 11 is 0. The van der Waals surface area contributed by atoms with Crippen molar-refractivity contribution in [3.63, 3.8) is 0 Å². The van der Waals surface area contributed by atoms with Gasteiger partial charge < -0.3 is 8.37 Å². The first-order valence-corrected chi connectivity index (χ1v) is 11.8. The molecule has 1 aromatic carbocycles. The lowest BCUT2D eigenvalue weighted by Gasteiger charge is -2.45. The van der Waals surface area contributed by atoms with Gasteiger partial charge in [0.25, 0.3) is 0 Å². The average Bonchev–Trinajstić information content (AvgIpc) is 2.54. The summed E-state index contributed by atoms with van der Waals surface area (Å²) < 4.78 is 55.4. The Hall–Kier alpha value is -1.40. The lowest BCUT2D eigenvalue weighted by atomic mass is 9.75. The Morgan fingerprint density at radius 3 is 2.44 bits per heavy atom. The minimum atomic E-state index is -4.36. The van der Waals surface area contributed by atoms with E-state index < -0.39 is 20.6 Å². The van der Waals surface area contributed by atoms with Gasteiger partial charge in [0.1, 0.15) is 0 Å². The highest BCUT2D eigenvalue weighted by molar-refractivity contribution is 7.85. The maximum Gasteiger partial charge on any atom is 0.380 e. The van der Waals surface area contributed by atoms with Crippen molar-refractivity contribution in [1.29, 1.82) is 0 Å². The number of rotatable bonds is 6. The molecule has 0 unspecified atom stereocenters. The molecule has 1 aliphatic carbocycles. The van der Waals surface area contributed by atoms with E-state index >= 15 is 0 Å². The fourth-order valence-electron chi connectivity index (χ4n) is 4.26. The van der Waals surface area contributed by atoms with Crippen molar-refractivity contribution in [2.45, 2.75) is 45.1 Å². The van der Waals surface area contributed by atoms with Crippen LogP contribution in [0.2, 0.25) is 0 Å². The van der Waals surface area contributed by atoms with E-state index in [1.807, 2.05) is 0 Å². The van der Waals surface area contributed by atoms with Crippen molar-refractivity contribution in [2.75, 3.05) is 13.1 Å². The Balaban J connectivity index is 2.03. The van der Waals surface area contributed by atoms with Crippen LogP contribution >= 0.6 is 0 Å². The van der Waals surface area contributed by atoms with Crippen molar-refractivity contribution < 1.29 is 25.2 Å². The molecule has 1 heterocycles. The summed E-state index contributed by atoms with van der Waals surface area (Å²) in [6.45, 7) is 4.22. The van der Waals surface area contributed by atoms with E-state index in [-0.39, 0.29) is 11.5 Å². The number of nitrogens with zero attached hydrogens (tertiary/aromatic N) is 1. The Labute approximate surface area is 160 Å². The second-order valence-electron chi connectivity index (χ2n) is 7.10. The number of likely N-dealkylation sites (tertiary alicyclic amines) is 1. The Kier molecular flexibility index (Phi) is 5.69. The van der Waals surface area contributed by atoms with Crippen LogP contribution in [0.3, 0.4) is 0 Å². The monoisotopic (exact) mass is 419 g/mol. The van der Waals surface area contributed by atoms with Gasteiger partial charge in [0, 0.05) is 11.6 Å². The van der Waals surface area contributed by atoms with Crippen molar-refractivity contribution in [1.82, 2.24) is 4.90 Å². The summed E-state index contributed by atoms with van der Waals surface area (Å²) in [5.74, 6) is -0.134. The number of piperidine rings is 1. The molecule has 4 N–H and O–H groups in total. The van der Waals surface area contributed by atoms with Crippen LogP contribution in [0.1, 0.15) is 37.3 Å². The molecule has 2 atom stereocenters. The maximum atomic E-state index is 11.5. The van der Waals surface area contributed by atoms with Crippen molar-refractivity contribution in [3.05, 3.63) is 23.3 Å². The van der Waals surface area contributed by atoms with Crippen molar-refractivity contribution in [3.8, 4) is 11.5 Å². The van der Waals surface area contributed by atoms with E-state index in [1.165, 1.54) is 6.07 Å². The number of benzene rings is 1. The largest absolute Gasteiger partial charge is 0.380 e. The van der Waals surface area contributed by atoms with Crippen LogP contribution in [0.4, 0.5) is 0 Å². The first kappa shape index (κ1) is 20.3. The highest BCUT2D eigenvalue weighted by atomic mass is 32.2. The summed E-state index contributed by atoms with van der Waals surface area (Å²) in [6, 6.07) is 3.47. The molecule has 0 amide bonds. The quantitative estimate of drug-likeness (QED) is 0.681. The number of nitrogens with two attached hydrogens (primary N) is 2. The Bertz CT molecular complexity index is 914. The van der Waals surface area contributed by atoms with Crippen LogP contribution < -0.4 is 18.6 Å². The smallest absolute Gasteiger partial charge is 0.367 e. The molecule has 9 nitrogen and oxygen atoms in total. The van der Waals surface area contributed by atoms with Gasteiger partial charge in [0.15, 0.2) is 11.5 Å². The molecule has 2 aliphatic rings. The summed E-state index contributed by atoms with van der Waals surface area (Å²) in [5, 5.41) is 9.97. The predicted molar refractivity (Wildman–Crippen MR) is 99.7 cm³/mol. The van der Waals surface area contributed by atoms with Gasteiger partial charge in [-0.1, -0.05) is 13.0 Å². The molecule has 0 saturated carbocycles. The van der Waals surface area contributed by atoms with Crippen LogP contribution in [0.25, 0.3) is 0 Å². The summed E-state index contributed by atoms with van der Waals surface area (Å²) in [5.41, 5.74) is 1.52. The molecule has 0 bridgehead atoms. The average molecular weight is 420 g/mol. The third-order valence-corrected chi connectivity index (χ3v) is 5.98. The summed E-state index contributed by atoms with van der Waals surface area (Å²) in [7, 11) is -8.71. The molecule has 0 radical (unpaired) electrons. The molecular weight excluding hydrogens is 394 g/mol. The van der Waals surface area contributed by atoms with Crippen LogP contribution in [0, 0.1) is 5.92 Å². The van der Waals surface area contributed by atoms with Gasteiger partial charge in [-0.25, -0.2) is 0 Å². The zero-order valence-electron chi connectivity index (χ0n) is 15.1. The lowest BCUT2D eigenvalue weighted by molar-refractivity contribution is 0.0851. The zero-order valence-corrected chi connectivity index (χ0v) is 16.8. The number of hydrogen-bond acceptors (Lipinski definition) is 7. The van der Waals surface area contributed by atoms with E-state index in [9.17, 15) is 16.8 Å². The zero-order chi connectivity index (χ0) is 19.8. The molecule has 1 aromatic rings. The topological polar surface area (TPSA) is 142 Å². The lowest BCUT2D eigenvalue weighted by Crippen LogP contribution is -2.49. The first-order valence-electron chi connectivity index (χ1n) is 8.90. The van der Waals surface area contributed by atoms with E-state index in [0.717, 1.165) is 44.3 Å². The summed E-state index contributed by atoms with van der Waals surface area (Å²) in [6.07, 6.45) is 4.44. The second kappa shape index (κ2) is 7.55. The van der Waals surface area contributed by atoms with Gasteiger partial charge in [-0.3, -0.25) is 4.90 Å². The second-order valence-corrected chi connectivity index (χ2v) is 9.40. The molecule has 0 aromatic heterocycles. The normalized spacial score (nSPS) is 23.4. The van der Waals surface area contributed by atoms with Crippen LogP contribution in [-0.4, -0.2) is 40.9 Å². The van der Waals surface area contributed by atoms with Gasteiger partial charge in [0.05, 0.1) is 0 Å². The molecule has 11 heteroatoms. The Morgan fingerprint density at radius 1 is 1.11 bits per heavy atom. The van der Waals surface area contributed by atoms with Gasteiger partial charge in [-0.15, -0.1) is 0 Å². The fourth-order valence-corrected chi connectivity index (χ4v) is 5.06. The van der Waals surface area contributed by atoms with Crippen LogP contribution in [0.15, 0.2) is 12.1 Å². The predicted octanol–water partition coefficient (Wildman–Crippen LogP) is 0.440. The molecular formula is C16H25N3O6S2. The highest BCUT2D eigenvalue weighted by Crippen LogP contribution is 2.43.